The van der Waals surface area contributed by atoms with Crippen LogP contribution in [0.3, 0.4) is 0 Å². The number of benzene rings is 7. The van der Waals surface area contributed by atoms with E-state index in [0.29, 0.717) is 0 Å². The highest BCUT2D eigenvalue weighted by molar-refractivity contribution is 6.73. The maximum Gasteiger partial charge on any atom is 0.198 e. The van der Waals surface area contributed by atoms with Gasteiger partial charge in [0.15, 0.2) is 18.8 Å². The van der Waals surface area contributed by atoms with Gasteiger partial charge in [0.1, 0.15) is 0 Å². The van der Waals surface area contributed by atoms with Gasteiger partial charge in [-0.05, 0) is 62.9 Å². The summed E-state index contributed by atoms with van der Waals surface area (Å²) in [7, 11) is 0.858. The van der Waals surface area contributed by atoms with E-state index in [1.807, 2.05) is 12.1 Å². The van der Waals surface area contributed by atoms with Gasteiger partial charge in [0.2, 0.25) is 0 Å². The van der Waals surface area contributed by atoms with Gasteiger partial charge < -0.3 is 14.6 Å². The zero-order valence-corrected chi connectivity index (χ0v) is 26.2. The summed E-state index contributed by atoms with van der Waals surface area (Å²) in [5.74, 6) is 1.71. The number of fused-ring (bicyclic) bond motifs is 12. The number of nitrogens with one attached hydrogen (secondary N) is 1. The van der Waals surface area contributed by atoms with Crippen LogP contribution in [0, 0.1) is 0 Å². The minimum Gasteiger partial charge on any atom is -0.453 e. The lowest BCUT2D eigenvalue weighted by Crippen LogP contribution is -2.38. The first kappa shape index (κ1) is 25.5. The fourth-order valence-electron chi connectivity index (χ4n) is 8.98. The first-order chi connectivity index (χ1) is 23.1. The Labute approximate surface area is 273 Å². The number of nitrogens with zero attached hydrogens (tertiary/aromatic N) is 1. The lowest BCUT2D eigenvalue weighted by molar-refractivity contribution is 0.481. The van der Waals surface area contributed by atoms with Crippen LogP contribution in [0.1, 0.15) is 25.0 Å². The summed E-state index contributed by atoms with van der Waals surface area (Å²) in [5.41, 5.74) is 16.4. The minimum atomic E-state index is -0.190. The molecular formula is C43H29BN2O. The van der Waals surface area contributed by atoms with Crippen molar-refractivity contribution in [3.8, 4) is 39.4 Å². The molecule has 8 aromatic rings. The molecule has 0 bridgehead atoms. The number of aromatic nitrogens is 1. The van der Waals surface area contributed by atoms with Gasteiger partial charge in [0, 0.05) is 38.3 Å². The van der Waals surface area contributed by atoms with Gasteiger partial charge in [-0.1, -0.05) is 122 Å². The molecule has 0 radical (unpaired) electrons. The summed E-state index contributed by atoms with van der Waals surface area (Å²) < 4.78 is 9.14. The van der Waals surface area contributed by atoms with E-state index in [4.69, 9.17) is 4.74 Å². The normalized spacial score (nSPS) is 14.4. The molecule has 0 saturated carbocycles. The van der Waals surface area contributed by atoms with Crippen LogP contribution in [-0.2, 0) is 5.41 Å². The number of anilines is 2. The van der Waals surface area contributed by atoms with Gasteiger partial charge in [-0.2, -0.15) is 0 Å². The molecule has 11 rings (SSSR count). The number of hydrogen-bond donors (Lipinski definition) is 1. The lowest BCUT2D eigenvalue weighted by atomic mass is 9.57. The fourth-order valence-corrected chi connectivity index (χ4v) is 8.98. The van der Waals surface area contributed by atoms with Crippen molar-refractivity contribution in [3.05, 3.63) is 139 Å². The molecule has 1 N–H and O–H groups in total. The summed E-state index contributed by atoms with van der Waals surface area (Å²) in [6.45, 7) is 4.80. The topological polar surface area (TPSA) is 26.2 Å². The van der Waals surface area contributed by atoms with Gasteiger partial charge in [0.05, 0.1) is 16.9 Å². The van der Waals surface area contributed by atoms with Crippen molar-refractivity contribution in [1.82, 2.24) is 4.57 Å². The Hall–Kier alpha value is -5.74. The SMILES string of the molecule is CC1(C)c2ccccc2-c2cc3c(c(-c4cccc5c4Nc4ccccc4O5)c21)Bc1cccc2c4ccc5ccccc5c4n-3c12. The molecule has 7 aromatic carbocycles. The fraction of sp³-hybridized carbons (Fsp3) is 0.0698. The second kappa shape index (κ2) is 8.74. The van der Waals surface area contributed by atoms with Crippen molar-refractivity contribution >= 4 is 62.2 Å². The predicted molar refractivity (Wildman–Crippen MR) is 198 cm³/mol. The van der Waals surface area contributed by atoms with Gasteiger partial charge in [-0.3, -0.25) is 0 Å². The average Bonchev–Trinajstić information content (AvgIpc) is 3.57. The van der Waals surface area contributed by atoms with Crippen LogP contribution in [0.5, 0.6) is 11.5 Å². The Balaban J connectivity index is 1.32. The highest BCUT2D eigenvalue weighted by Gasteiger charge is 2.41. The summed E-state index contributed by atoms with van der Waals surface area (Å²) in [6, 6.07) is 46.6. The summed E-state index contributed by atoms with van der Waals surface area (Å²) in [4.78, 5) is 0. The molecule has 0 fully saturated rings. The Bertz CT molecular complexity index is 2700. The molecular weight excluding hydrogens is 571 g/mol. The van der Waals surface area contributed by atoms with E-state index in [9.17, 15) is 0 Å². The highest BCUT2D eigenvalue weighted by atomic mass is 16.5. The van der Waals surface area contributed by atoms with E-state index < -0.39 is 0 Å². The quantitative estimate of drug-likeness (QED) is 0.190. The molecule has 2 aliphatic heterocycles. The van der Waals surface area contributed by atoms with Crippen molar-refractivity contribution < 1.29 is 4.74 Å². The Morgan fingerprint density at radius 1 is 0.638 bits per heavy atom. The van der Waals surface area contributed by atoms with Gasteiger partial charge in [0.25, 0.3) is 0 Å². The average molecular weight is 601 g/mol. The molecule has 1 aromatic heterocycles. The molecule has 0 spiro atoms. The predicted octanol–water partition coefficient (Wildman–Crippen LogP) is 9.46. The van der Waals surface area contributed by atoms with Crippen molar-refractivity contribution in [1.29, 1.82) is 0 Å². The zero-order valence-electron chi connectivity index (χ0n) is 26.2. The largest absolute Gasteiger partial charge is 0.453 e. The maximum atomic E-state index is 6.55. The van der Waals surface area contributed by atoms with E-state index in [2.05, 4.69) is 139 Å². The van der Waals surface area contributed by atoms with Crippen molar-refractivity contribution in [2.24, 2.45) is 0 Å². The first-order valence-corrected chi connectivity index (χ1v) is 16.5. The molecule has 220 valence electrons. The van der Waals surface area contributed by atoms with Crippen LogP contribution < -0.4 is 21.0 Å². The van der Waals surface area contributed by atoms with Crippen molar-refractivity contribution in [2.75, 3.05) is 5.32 Å². The first-order valence-electron chi connectivity index (χ1n) is 16.5. The zero-order chi connectivity index (χ0) is 31.0. The maximum absolute atomic E-state index is 6.55. The molecule has 0 unspecified atom stereocenters. The van der Waals surface area contributed by atoms with E-state index in [0.717, 1.165) is 30.2 Å². The third kappa shape index (κ3) is 3.18. The van der Waals surface area contributed by atoms with Gasteiger partial charge in [-0.15, -0.1) is 0 Å². The second-order valence-corrected chi connectivity index (χ2v) is 13.8. The number of rotatable bonds is 1. The standard InChI is InChI=1S/C43H29BN2O/c1-43(2)31-16-6-5-13-26(31)30-23-34-39(37(38(30)43)29-15-10-20-36-40(29)45-33-18-7-8-19-35(33)47-36)44-32-17-9-14-27-28-22-21-24-11-3-4-12-25(24)41(28)46(34)42(27)32/h3-23,44-45H,1-2H3. The monoisotopic (exact) mass is 600 g/mol. The summed E-state index contributed by atoms with van der Waals surface area (Å²) >= 11 is 0. The van der Waals surface area contributed by atoms with Gasteiger partial charge in [-0.25, -0.2) is 0 Å². The van der Waals surface area contributed by atoms with E-state index in [1.54, 1.807) is 0 Å². The van der Waals surface area contributed by atoms with E-state index in [1.165, 1.54) is 82.6 Å². The van der Waals surface area contributed by atoms with E-state index in [-0.39, 0.29) is 5.41 Å². The smallest absolute Gasteiger partial charge is 0.198 e. The summed E-state index contributed by atoms with van der Waals surface area (Å²) in [5, 5.41) is 8.98. The molecule has 3 heterocycles. The number of ether oxygens (including phenoxy) is 1. The van der Waals surface area contributed by atoms with Crippen LogP contribution in [0.15, 0.2) is 127 Å². The third-order valence-corrected chi connectivity index (χ3v) is 11.0. The lowest BCUT2D eigenvalue weighted by Gasteiger charge is -2.32. The molecule has 4 heteroatoms. The number of hydrogen-bond acceptors (Lipinski definition) is 2. The summed E-state index contributed by atoms with van der Waals surface area (Å²) in [6.07, 6.45) is 0. The number of para-hydroxylation sites is 4. The van der Waals surface area contributed by atoms with Crippen molar-refractivity contribution in [2.45, 2.75) is 19.3 Å². The molecule has 0 amide bonds. The van der Waals surface area contributed by atoms with Crippen LogP contribution in [0.4, 0.5) is 11.4 Å². The van der Waals surface area contributed by atoms with Crippen LogP contribution in [0.2, 0.25) is 0 Å². The Morgan fingerprint density at radius 2 is 1.38 bits per heavy atom. The minimum absolute atomic E-state index is 0.190. The molecule has 0 atom stereocenters. The molecule has 0 saturated heterocycles. The van der Waals surface area contributed by atoms with Crippen LogP contribution in [-0.4, -0.2) is 11.8 Å². The van der Waals surface area contributed by atoms with E-state index >= 15 is 0 Å². The molecule has 47 heavy (non-hydrogen) atoms. The Morgan fingerprint density at radius 3 is 2.34 bits per heavy atom. The van der Waals surface area contributed by atoms with Crippen molar-refractivity contribution in [3.63, 3.8) is 0 Å². The molecule has 3 aliphatic rings. The van der Waals surface area contributed by atoms with Crippen LogP contribution in [0.25, 0.3) is 60.5 Å². The van der Waals surface area contributed by atoms with Gasteiger partial charge >= 0.3 is 0 Å². The van der Waals surface area contributed by atoms with Crippen LogP contribution >= 0.6 is 0 Å². The Kier molecular flexibility index (Phi) is 4.74. The molecule has 1 aliphatic carbocycles. The molecule has 3 nitrogen and oxygen atoms in total. The second-order valence-electron chi connectivity index (χ2n) is 13.8. The highest BCUT2D eigenvalue weighted by Crippen LogP contribution is 2.55. The third-order valence-electron chi connectivity index (χ3n) is 11.0.